The van der Waals surface area contributed by atoms with E-state index in [4.69, 9.17) is 0 Å². The van der Waals surface area contributed by atoms with Gasteiger partial charge in [0.15, 0.2) is 0 Å². The highest BCUT2D eigenvalue weighted by Crippen LogP contribution is 2.21. The van der Waals surface area contributed by atoms with Gasteiger partial charge in [0.2, 0.25) is 11.8 Å². The van der Waals surface area contributed by atoms with E-state index in [1.165, 1.54) is 4.90 Å². The molecule has 2 amide bonds. The van der Waals surface area contributed by atoms with Gasteiger partial charge in [-0.15, -0.1) is 0 Å². The van der Waals surface area contributed by atoms with E-state index in [1.54, 1.807) is 13.1 Å². The van der Waals surface area contributed by atoms with Gasteiger partial charge in [-0.25, -0.2) is 0 Å². The molecule has 2 heterocycles. The lowest BCUT2D eigenvalue weighted by atomic mass is 10.1. The molecule has 1 aliphatic heterocycles. The maximum Gasteiger partial charge on any atom is 0.232 e. The molecule has 1 saturated heterocycles. The molecule has 0 spiro atoms. The van der Waals surface area contributed by atoms with E-state index in [1.807, 2.05) is 12.1 Å². The highest BCUT2D eigenvalue weighted by Gasteiger charge is 2.35. The highest BCUT2D eigenvalue weighted by atomic mass is 16.2. The Kier molecular flexibility index (Phi) is 4.14. The van der Waals surface area contributed by atoms with Crippen molar-refractivity contribution in [2.24, 2.45) is 5.92 Å². The van der Waals surface area contributed by atoms with E-state index in [0.717, 1.165) is 24.3 Å². The van der Waals surface area contributed by atoms with Crippen molar-refractivity contribution >= 4 is 17.5 Å². The summed E-state index contributed by atoms with van der Waals surface area (Å²) in [7, 11) is 0. The fourth-order valence-electron chi connectivity index (χ4n) is 2.12. The molecule has 102 valence electrons. The van der Waals surface area contributed by atoms with Gasteiger partial charge in [-0.3, -0.25) is 19.5 Å². The van der Waals surface area contributed by atoms with Crippen LogP contribution in [0.5, 0.6) is 0 Å². The minimum atomic E-state index is -0.200. The van der Waals surface area contributed by atoms with Crippen LogP contribution in [0, 0.1) is 5.92 Å². The van der Waals surface area contributed by atoms with Crippen LogP contribution in [-0.2, 0) is 16.1 Å². The SMILES string of the molecule is CCCNc1ccnc(CN2C(=O)CC(C)C2=O)c1. The lowest BCUT2D eigenvalue weighted by Crippen LogP contribution is -2.30. The number of nitrogens with one attached hydrogen (secondary N) is 1. The summed E-state index contributed by atoms with van der Waals surface area (Å²) in [6.07, 6.45) is 3.05. The predicted molar refractivity (Wildman–Crippen MR) is 72.4 cm³/mol. The molecule has 1 unspecified atom stereocenters. The number of nitrogens with zero attached hydrogens (tertiary/aromatic N) is 2. The minimum Gasteiger partial charge on any atom is -0.385 e. The Morgan fingerprint density at radius 2 is 2.26 bits per heavy atom. The van der Waals surface area contributed by atoms with Crippen LogP contribution in [0.25, 0.3) is 0 Å². The lowest BCUT2D eigenvalue weighted by Gasteiger charge is -2.14. The molecule has 2 rings (SSSR count). The Labute approximate surface area is 113 Å². The molecule has 0 radical (unpaired) electrons. The molecule has 1 N–H and O–H groups in total. The number of imide groups is 1. The topological polar surface area (TPSA) is 62.3 Å². The number of hydrogen-bond donors (Lipinski definition) is 1. The maximum absolute atomic E-state index is 11.8. The van der Waals surface area contributed by atoms with E-state index in [2.05, 4.69) is 17.2 Å². The molecule has 5 nitrogen and oxygen atoms in total. The van der Waals surface area contributed by atoms with Crippen molar-refractivity contribution in [2.45, 2.75) is 33.2 Å². The van der Waals surface area contributed by atoms with Gasteiger partial charge in [0.25, 0.3) is 0 Å². The van der Waals surface area contributed by atoms with Gasteiger partial charge in [-0.2, -0.15) is 0 Å². The van der Waals surface area contributed by atoms with Gasteiger partial charge >= 0.3 is 0 Å². The van der Waals surface area contributed by atoms with Gasteiger partial charge in [0.05, 0.1) is 12.2 Å². The number of pyridine rings is 1. The molecule has 0 aliphatic carbocycles. The van der Waals surface area contributed by atoms with E-state index in [9.17, 15) is 9.59 Å². The number of rotatable bonds is 5. The van der Waals surface area contributed by atoms with Gasteiger partial charge < -0.3 is 5.32 Å². The van der Waals surface area contributed by atoms with Crippen molar-refractivity contribution in [2.75, 3.05) is 11.9 Å². The average Bonchev–Trinajstić information content (AvgIpc) is 2.64. The van der Waals surface area contributed by atoms with Crippen LogP contribution in [0.15, 0.2) is 18.3 Å². The Morgan fingerprint density at radius 3 is 2.89 bits per heavy atom. The van der Waals surface area contributed by atoms with Crippen LogP contribution in [0.4, 0.5) is 5.69 Å². The van der Waals surface area contributed by atoms with Crippen LogP contribution in [0.2, 0.25) is 0 Å². The van der Waals surface area contributed by atoms with E-state index in [-0.39, 0.29) is 24.3 Å². The van der Waals surface area contributed by atoms with Crippen molar-refractivity contribution in [1.29, 1.82) is 0 Å². The Bertz CT molecular complexity index is 487. The molecular weight excluding hydrogens is 242 g/mol. The van der Waals surface area contributed by atoms with Gasteiger partial charge in [-0.05, 0) is 18.6 Å². The number of likely N-dealkylation sites (tertiary alicyclic amines) is 1. The number of hydrogen-bond acceptors (Lipinski definition) is 4. The smallest absolute Gasteiger partial charge is 0.232 e. The molecule has 1 fully saturated rings. The zero-order chi connectivity index (χ0) is 13.8. The van der Waals surface area contributed by atoms with Crippen LogP contribution in [0.3, 0.4) is 0 Å². The molecular formula is C14H19N3O2. The first-order valence-electron chi connectivity index (χ1n) is 6.64. The summed E-state index contributed by atoms with van der Waals surface area (Å²) < 4.78 is 0. The van der Waals surface area contributed by atoms with Gasteiger partial charge in [-0.1, -0.05) is 13.8 Å². The Morgan fingerprint density at radius 1 is 1.47 bits per heavy atom. The Balaban J connectivity index is 2.06. The van der Waals surface area contributed by atoms with Gasteiger partial charge in [0, 0.05) is 30.8 Å². The van der Waals surface area contributed by atoms with Crippen molar-refractivity contribution in [3.63, 3.8) is 0 Å². The highest BCUT2D eigenvalue weighted by molar-refractivity contribution is 6.03. The minimum absolute atomic E-state index is 0.0984. The van der Waals surface area contributed by atoms with Gasteiger partial charge in [0.1, 0.15) is 0 Å². The third-order valence-corrected chi connectivity index (χ3v) is 3.19. The van der Waals surface area contributed by atoms with Crippen molar-refractivity contribution in [1.82, 2.24) is 9.88 Å². The molecule has 19 heavy (non-hydrogen) atoms. The van der Waals surface area contributed by atoms with E-state index >= 15 is 0 Å². The van der Waals surface area contributed by atoms with Crippen LogP contribution < -0.4 is 5.32 Å². The summed E-state index contributed by atoms with van der Waals surface area (Å²) in [5.74, 6) is -0.404. The van der Waals surface area contributed by atoms with E-state index < -0.39 is 0 Å². The standard InChI is InChI=1S/C14H19N3O2/c1-3-5-15-11-4-6-16-12(8-11)9-17-13(18)7-10(2)14(17)19/h4,6,8,10H,3,5,7,9H2,1-2H3,(H,15,16). The lowest BCUT2D eigenvalue weighted by molar-refractivity contribution is -0.139. The van der Waals surface area contributed by atoms with Crippen LogP contribution in [-0.4, -0.2) is 28.2 Å². The summed E-state index contributed by atoms with van der Waals surface area (Å²) >= 11 is 0. The molecule has 1 aromatic rings. The van der Waals surface area contributed by atoms with E-state index in [0.29, 0.717) is 6.42 Å². The molecule has 1 aromatic heterocycles. The predicted octanol–water partition coefficient (Wildman–Crippen LogP) is 1.80. The first-order chi connectivity index (χ1) is 9.11. The second kappa shape index (κ2) is 5.82. The summed E-state index contributed by atoms with van der Waals surface area (Å²) in [6, 6.07) is 3.77. The molecule has 0 saturated carbocycles. The molecule has 1 atom stereocenters. The van der Waals surface area contributed by atoms with Crippen LogP contribution >= 0.6 is 0 Å². The number of amides is 2. The average molecular weight is 261 g/mol. The maximum atomic E-state index is 11.8. The van der Waals surface area contributed by atoms with Crippen LogP contribution in [0.1, 0.15) is 32.4 Å². The van der Waals surface area contributed by atoms with Crippen molar-refractivity contribution in [3.8, 4) is 0 Å². The largest absolute Gasteiger partial charge is 0.385 e. The number of aromatic nitrogens is 1. The van der Waals surface area contributed by atoms with Crippen molar-refractivity contribution in [3.05, 3.63) is 24.0 Å². The summed E-state index contributed by atoms with van der Waals surface area (Å²) in [4.78, 5) is 29.1. The monoisotopic (exact) mass is 261 g/mol. The van der Waals surface area contributed by atoms with Crippen molar-refractivity contribution < 1.29 is 9.59 Å². The zero-order valence-electron chi connectivity index (χ0n) is 11.3. The summed E-state index contributed by atoms with van der Waals surface area (Å²) in [5, 5.41) is 3.26. The third kappa shape index (κ3) is 3.10. The summed E-state index contributed by atoms with van der Waals surface area (Å²) in [6.45, 7) is 5.04. The fourth-order valence-corrected chi connectivity index (χ4v) is 2.12. The molecule has 0 aromatic carbocycles. The molecule has 1 aliphatic rings. The first kappa shape index (κ1) is 13.5. The zero-order valence-corrected chi connectivity index (χ0v) is 11.3. The third-order valence-electron chi connectivity index (χ3n) is 3.19. The number of carbonyl (C=O) groups excluding carboxylic acids is 2. The fraction of sp³-hybridized carbons (Fsp3) is 0.500. The summed E-state index contributed by atoms with van der Waals surface area (Å²) in [5.41, 5.74) is 1.70. The number of carbonyl (C=O) groups is 2. The second-order valence-electron chi connectivity index (χ2n) is 4.89. The quantitative estimate of drug-likeness (QED) is 0.821. The first-order valence-corrected chi connectivity index (χ1v) is 6.64. The second-order valence-corrected chi connectivity index (χ2v) is 4.89. The molecule has 5 heteroatoms. The number of anilines is 1. The molecule has 0 bridgehead atoms. The Hall–Kier alpha value is -1.91. The normalized spacial score (nSPS) is 19.1.